The maximum absolute atomic E-state index is 11.7. The van der Waals surface area contributed by atoms with Crippen molar-refractivity contribution in [2.75, 3.05) is 14.1 Å². The molecule has 0 saturated carbocycles. The summed E-state index contributed by atoms with van der Waals surface area (Å²) in [4.78, 5) is 16.0. The normalized spacial score (nSPS) is 9.77. The summed E-state index contributed by atoms with van der Waals surface area (Å²) in [5.74, 6) is 0.0464. The Bertz CT molecular complexity index is 564. The molecule has 0 amide bonds. The first-order valence-electron chi connectivity index (χ1n) is 8.27. The van der Waals surface area contributed by atoms with Crippen LogP contribution in [0.2, 0.25) is 0 Å². The summed E-state index contributed by atoms with van der Waals surface area (Å²) < 4.78 is 2.03. The van der Waals surface area contributed by atoms with E-state index in [1.807, 2.05) is 42.8 Å². The number of nitrogens with two attached hydrogens (primary N) is 1. The molecule has 0 fully saturated rings. The number of Topliss-reactive ketones (excluding diaryl/α,β-unsaturated/α-hetero) is 1. The number of rotatable bonds is 7. The van der Waals surface area contributed by atoms with E-state index in [2.05, 4.69) is 28.2 Å². The molecule has 0 radical (unpaired) electrons. The van der Waals surface area contributed by atoms with E-state index in [1.54, 1.807) is 26.7 Å². The number of benzene rings is 1. The van der Waals surface area contributed by atoms with Gasteiger partial charge in [-0.2, -0.15) is 14.0 Å². The number of carbonyl (C=O) groups excluding carboxylic acids is 1. The number of hydrogen-bond donors (Lipinski definition) is 1. The summed E-state index contributed by atoms with van der Waals surface area (Å²) in [7, 11) is 3.17. The van der Waals surface area contributed by atoms with Crippen molar-refractivity contribution in [2.24, 2.45) is 5.73 Å². The SMILES string of the molecule is CC.CN.C[CH-]C(=O)C(Cc1cn(Cc2ccccc2)cn1)[N-]C.[K+].[Rb+]. The Hall–Kier alpha value is 1.33. The van der Waals surface area contributed by atoms with Gasteiger partial charge in [0.1, 0.15) is 0 Å². The summed E-state index contributed by atoms with van der Waals surface area (Å²) in [6.45, 7) is 6.53. The van der Waals surface area contributed by atoms with Crippen molar-refractivity contribution in [1.29, 1.82) is 0 Å². The summed E-state index contributed by atoms with van der Waals surface area (Å²) in [6, 6.07) is 9.89. The third-order valence-electron chi connectivity index (χ3n) is 3.22. The fourth-order valence-electron chi connectivity index (χ4n) is 2.10. The monoisotopic (exact) mass is 454 g/mol. The Morgan fingerprint density at radius 3 is 2.35 bits per heavy atom. The number of carbonyl (C=O) groups is 1. The number of ketones is 1. The third kappa shape index (κ3) is 12.7. The van der Waals surface area contributed by atoms with Crippen molar-refractivity contribution in [3.05, 3.63) is 65.9 Å². The molecule has 0 aliphatic heterocycles. The number of aromatic nitrogens is 2. The number of hydrogen-bond acceptors (Lipinski definition) is 3. The van der Waals surface area contributed by atoms with E-state index in [9.17, 15) is 4.79 Å². The molecule has 1 atom stereocenters. The molecule has 0 aliphatic carbocycles. The van der Waals surface area contributed by atoms with Crippen LogP contribution < -0.4 is 115 Å². The van der Waals surface area contributed by atoms with Gasteiger partial charge in [0.2, 0.25) is 0 Å². The van der Waals surface area contributed by atoms with E-state index in [-0.39, 0.29) is 121 Å². The zero-order valence-electron chi connectivity index (χ0n) is 17.4. The van der Waals surface area contributed by atoms with Crippen molar-refractivity contribution in [2.45, 2.75) is 39.8 Å². The predicted octanol–water partition coefficient (Wildman–Crippen LogP) is -2.75. The van der Waals surface area contributed by atoms with Crippen LogP contribution in [0.15, 0.2) is 42.9 Å². The van der Waals surface area contributed by atoms with E-state index in [0.29, 0.717) is 6.42 Å². The van der Waals surface area contributed by atoms with E-state index in [0.717, 1.165) is 12.2 Å². The standard InChI is InChI=1S/C16H19N3O.C2H6.CH5N.K.Rb/c1-3-16(20)15(17-2)9-14-11-19(12-18-14)10-13-7-5-4-6-8-13;2*1-2;;/h3-8,11-12,15H,9-10H2,1-2H3;1-2H3;2H2,1H3;;/q-2;;;2*+1. The molecule has 0 spiro atoms. The first-order valence-corrected chi connectivity index (χ1v) is 8.27. The van der Waals surface area contributed by atoms with E-state index >= 15 is 0 Å². The fraction of sp³-hybridized carbons (Fsp3) is 0.421. The van der Waals surface area contributed by atoms with Crippen LogP contribution >= 0.6 is 0 Å². The Morgan fingerprint density at radius 1 is 1.27 bits per heavy atom. The van der Waals surface area contributed by atoms with Gasteiger partial charge in [-0.15, -0.1) is 0 Å². The third-order valence-corrected chi connectivity index (χ3v) is 3.22. The number of nitrogens with zero attached hydrogens (tertiary/aromatic N) is 3. The first kappa shape index (κ1) is 32.0. The molecule has 134 valence electrons. The van der Waals surface area contributed by atoms with Crippen LogP contribution in [0.4, 0.5) is 0 Å². The van der Waals surface area contributed by atoms with Crippen molar-refractivity contribution < 1.29 is 114 Å². The molecule has 1 aromatic carbocycles. The van der Waals surface area contributed by atoms with Gasteiger partial charge in [0.15, 0.2) is 0 Å². The number of likely N-dealkylation sites (N-methyl/N-ethyl adjacent to an activating group) is 1. The molecule has 26 heavy (non-hydrogen) atoms. The Labute approximate surface area is 250 Å². The zero-order valence-corrected chi connectivity index (χ0v) is 25.5. The van der Waals surface area contributed by atoms with Crippen molar-refractivity contribution >= 4 is 5.78 Å². The van der Waals surface area contributed by atoms with Crippen LogP contribution in [0.3, 0.4) is 0 Å². The smallest absolute Gasteiger partial charge is 0.658 e. The van der Waals surface area contributed by atoms with Gasteiger partial charge in [0.05, 0.1) is 12.0 Å². The van der Waals surface area contributed by atoms with Crippen LogP contribution in [0.1, 0.15) is 32.0 Å². The Balaban J connectivity index is -0.000000824. The quantitative estimate of drug-likeness (QED) is 0.364. The average molecular weight is 455 g/mol. The minimum absolute atomic E-state index is 0. The van der Waals surface area contributed by atoms with Crippen LogP contribution in [-0.2, 0) is 17.8 Å². The van der Waals surface area contributed by atoms with Gasteiger partial charge in [-0.3, -0.25) is 0 Å². The molecule has 0 saturated heterocycles. The van der Waals surface area contributed by atoms with Crippen molar-refractivity contribution in [3.63, 3.8) is 0 Å². The van der Waals surface area contributed by atoms with E-state index < -0.39 is 0 Å². The minimum Gasteiger partial charge on any atom is -0.658 e. The maximum atomic E-state index is 11.7. The second-order valence-corrected chi connectivity index (χ2v) is 4.69. The molecule has 5 nitrogen and oxygen atoms in total. The second-order valence-electron chi connectivity index (χ2n) is 4.69. The topological polar surface area (TPSA) is 75.0 Å². The van der Waals surface area contributed by atoms with E-state index in [1.165, 1.54) is 12.6 Å². The molecule has 1 aromatic heterocycles. The van der Waals surface area contributed by atoms with Crippen molar-refractivity contribution in [3.8, 4) is 0 Å². The predicted molar refractivity (Wildman–Crippen MR) is 101 cm³/mol. The van der Waals surface area contributed by atoms with Gasteiger partial charge in [-0.1, -0.05) is 50.2 Å². The molecule has 7 heteroatoms. The van der Waals surface area contributed by atoms with Gasteiger partial charge in [0.25, 0.3) is 0 Å². The first-order chi connectivity index (χ1) is 11.7. The Morgan fingerprint density at radius 2 is 1.85 bits per heavy atom. The minimum atomic E-state index is -0.319. The van der Waals surface area contributed by atoms with Gasteiger partial charge < -0.3 is 26.8 Å². The molecular formula is C19H30KN4ORb. The zero-order chi connectivity index (χ0) is 18.4. The molecule has 2 rings (SSSR count). The largest absolute Gasteiger partial charge is 1.00 e. The molecule has 1 unspecified atom stereocenters. The molecule has 1 heterocycles. The second kappa shape index (κ2) is 21.1. The summed E-state index contributed by atoms with van der Waals surface area (Å²) in [5.41, 5.74) is 6.62. The number of imidazole rings is 1. The molecular weight excluding hydrogens is 425 g/mol. The van der Waals surface area contributed by atoms with Crippen LogP contribution in [0.5, 0.6) is 0 Å². The molecule has 2 N–H and O–H groups in total. The van der Waals surface area contributed by atoms with Gasteiger partial charge in [0, 0.05) is 12.7 Å². The molecule has 0 aliphatic rings. The van der Waals surface area contributed by atoms with Gasteiger partial charge in [-0.25, -0.2) is 4.98 Å². The average Bonchev–Trinajstić information content (AvgIpc) is 3.10. The maximum Gasteiger partial charge on any atom is 1.00 e. The molecule has 0 bridgehead atoms. The summed E-state index contributed by atoms with van der Waals surface area (Å²) >= 11 is 0. The summed E-state index contributed by atoms with van der Waals surface area (Å²) in [6.07, 6.45) is 5.91. The Kier molecular flexibility index (Phi) is 25.9. The van der Waals surface area contributed by atoms with Crippen LogP contribution in [0.25, 0.3) is 5.32 Å². The fourth-order valence-corrected chi connectivity index (χ4v) is 2.10. The van der Waals surface area contributed by atoms with Crippen LogP contribution in [0, 0.1) is 6.42 Å². The van der Waals surface area contributed by atoms with Gasteiger partial charge >= 0.3 is 110 Å². The molecule has 2 aromatic rings. The van der Waals surface area contributed by atoms with Crippen LogP contribution in [-0.4, -0.2) is 35.5 Å². The van der Waals surface area contributed by atoms with Crippen molar-refractivity contribution in [1.82, 2.24) is 9.55 Å². The van der Waals surface area contributed by atoms with E-state index in [4.69, 9.17) is 0 Å². The van der Waals surface area contributed by atoms with Gasteiger partial charge in [-0.05, 0) is 24.8 Å². The summed E-state index contributed by atoms with van der Waals surface area (Å²) in [5, 5.41) is 4.12.